The van der Waals surface area contributed by atoms with Crippen LogP contribution in [0, 0.1) is 0 Å². The number of hydrogen-bond donors (Lipinski definition) is 2. The van der Waals surface area contributed by atoms with Gasteiger partial charge in [-0.15, -0.1) is 0 Å². The summed E-state index contributed by atoms with van der Waals surface area (Å²) < 4.78 is 0. The Morgan fingerprint density at radius 3 is 2.72 bits per heavy atom. The lowest BCUT2D eigenvalue weighted by atomic mass is 10.2. The number of nitrogens with one attached hydrogen (secondary N) is 1. The smallest absolute Gasteiger partial charge is 0.335 e. The maximum absolute atomic E-state index is 11.1. The van der Waals surface area contributed by atoms with E-state index in [1.165, 1.54) is 18.3 Å². The Bertz CT molecular complexity index is 872. The van der Waals surface area contributed by atoms with Gasteiger partial charge in [-0.05, 0) is 25.1 Å². The predicted octanol–water partition coefficient (Wildman–Crippen LogP) is 2.07. The van der Waals surface area contributed by atoms with Gasteiger partial charge in [-0.25, -0.2) is 14.8 Å². The Balaban J connectivity index is 1.75. The normalized spacial score (nSPS) is 11.7. The average molecular weight is 336 g/mol. The van der Waals surface area contributed by atoms with Gasteiger partial charge in [0.1, 0.15) is 0 Å². The standard InChI is InChI=1S/C17H16N6O2/c1-11(8-13-10-18-6-7-19-13)22-17-21-5-3-14(23-17)15-9-12(16(24)25)2-4-20-15/h2-7,9-11H,8H2,1H3,(H,24,25)(H,21,22,23)/t11-/m0/s1. The van der Waals surface area contributed by atoms with E-state index in [-0.39, 0.29) is 11.6 Å². The Hall–Kier alpha value is -3.42. The van der Waals surface area contributed by atoms with Crippen LogP contribution in [0.3, 0.4) is 0 Å². The van der Waals surface area contributed by atoms with Crippen molar-refractivity contribution in [2.45, 2.75) is 19.4 Å². The zero-order chi connectivity index (χ0) is 17.6. The Kier molecular flexibility index (Phi) is 4.89. The van der Waals surface area contributed by atoms with Gasteiger partial charge >= 0.3 is 5.97 Å². The molecule has 0 radical (unpaired) electrons. The number of aromatic nitrogens is 5. The van der Waals surface area contributed by atoms with Crippen LogP contribution in [0.5, 0.6) is 0 Å². The summed E-state index contributed by atoms with van der Waals surface area (Å²) in [6.07, 6.45) is 8.73. The van der Waals surface area contributed by atoms with Crippen LogP contribution < -0.4 is 5.32 Å². The van der Waals surface area contributed by atoms with Crippen molar-refractivity contribution in [2.75, 3.05) is 5.32 Å². The molecule has 1 atom stereocenters. The molecule has 2 N–H and O–H groups in total. The fraction of sp³-hybridized carbons (Fsp3) is 0.176. The van der Waals surface area contributed by atoms with Crippen LogP contribution in [0.25, 0.3) is 11.4 Å². The molecule has 0 aliphatic carbocycles. The van der Waals surface area contributed by atoms with Crippen molar-refractivity contribution < 1.29 is 9.90 Å². The molecular weight excluding hydrogens is 320 g/mol. The number of hydrogen-bond acceptors (Lipinski definition) is 7. The number of rotatable bonds is 6. The highest BCUT2D eigenvalue weighted by atomic mass is 16.4. The quantitative estimate of drug-likeness (QED) is 0.703. The van der Waals surface area contributed by atoms with Gasteiger partial charge < -0.3 is 10.4 Å². The zero-order valence-electron chi connectivity index (χ0n) is 13.5. The number of aromatic carboxylic acids is 1. The van der Waals surface area contributed by atoms with Crippen LogP contribution in [0.2, 0.25) is 0 Å². The largest absolute Gasteiger partial charge is 0.478 e. The summed E-state index contributed by atoms with van der Waals surface area (Å²) in [5, 5.41) is 12.3. The van der Waals surface area contributed by atoms with Gasteiger partial charge in [0.25, 0.3) is 0 Å². The molecule has 0 aromatic carbocycles. The number of carboxylic acids is 1. The minimum atomic E-state index is -1.01. The van der Waals surface area contributed by atoms with Crippen molar-refractivity contribution in [1.82, 2.24) is 24.9 Å². The third-order valence-electron chi connectivity index (χ3n) is 3.43. The zero-order valence-corrected chi connectivity index (χ0v) is 13.5. The monoisotopic (exact) mass is 336 g/mol. The first-order chi connectivity index (χ1) is 12.1. The lowest BCUT2D eigenvalue weighted by Crippen LogP contribution is -2.20. The molecule has 3 heterocycles. The second kappa shape index (κ2) is 7.43. The van der Waals surface area contributed by atoms with Gasteiger partial charge in [0, 0.05) is 43.4 Å². The summed E-state index contributed by atoms with van der Waals surface area (Å²) >= 11 is 0. The Morgan fingerprint density at radius 2 is 1.96 bits per heavy atom. The second-order valence-electron chi connectivity index (χ2n) is 5.45. The van der Waals surface area contributed by atoms with Crippen molar-refractivity contribution in [3.8, 4) is 11.4 Å². The molecule has 0 fully saturated rings. The molecule has 3 aromatic rings. The van der Waals surface area contributed by atoms with E-state index in [4.69, 9.17) is 5.11 Å². The van der Waals surface area contributed by atoms with Gasteiger partial charge in [-0.3, -0.25) is 15.0 Å². The molecule has 0 saturated carbocycles. The molecule has 0 aliphatic rings. The highest BCUT2D eigenvalue weighted by Gasteiger charge is 2.10. The molecule has 0 spiro atoms. The number of carboxylic acid groups (broad SMARTS) is 1. The molecule has 0 aliphatic heterocycles. The molecular formula is C17H16N6O2. The van der Waals surface area contributed by atoms with Crippen molar-refractivity contribution in [1.29, 1.82) is 0 Å². The molecule has 126 valence electrons. The number of nitrogens with zero attached hydrogens (tertiary/aromatic N) is 5. The average Bonchev–Trinajstić information content (AvgIpc) is 2.63. The number of pyridine rings is 1. The van der Waals surface area contributed by atoms with Crippen LogP contribution in [0.4, 0.5) is 5.95 Å². The molecule has 8 heteroatoms. The minimum Gasteiger partial charge on any atom is -0.478 e. The molecule has 8 nitrogen and oxygen atoms in total. The van der Waals surface area contributed by atoms with E-state index in [0.29, 0.717) is 23.8 Å². The summed E-state index contributed by atoms with van der Waals surface area (Å²) in [5.41, 5.74) is 2.06. The fourth-order valence-electron chi connectivity index (χ4n) is 2.30. The Labute approximate surface area is 144 Å². The Morgan fingerprint density at radius 1 is 1.12 bits per heavy atom. The summed E-state index contributed by atoms with van der Waals surface area (Å²) in [4.78, 5) is 32.2. The topological polar surface area (TPSA) is 114 Å². The minimum absolute atomic E-state index is 0.0465. The highest BCUT2D eigenvalue weighted by Crippen LogP contribution is 2.17. The molecule has 0 bridgehead atoms. The molecule has 3 rings (SSSR count). The first kappa shape index (κ1) is 16.4. The summed E-state index contributed by atoms with van der Waals surface area (Å²) in [6.45, 7) is 1.99. The fourth-order valence-corrected chi connectivity index (χ4v) is 2.30. The highest BCUT2D eigenvalue weighted by molar-refractivity contribution is 5.88. The van der Waals surface area contributed by atoms with Crippen LogP contribution in [0.15, 0.2) is 49.2 Å². The van der Waals surface area contributed by atoms with Gasteiger partial charge in [0.2, 0.25) is 5.95 Å². The summed E-state index contributed by atoms with van der Waals surface area (Å²) in [7, 11) is 0. The second-order valence-corrected chi connectivity index (χ2v) is 5.45. The van der Waals surface area contributed by atoms with Crippen LogP contribution in [-0.4, -0.2) is 42.0 Å². The van der Waals surface area contributed by atoms with E-state index in [1.807, 2.05) is 6.92 Å². The molecule has 3 aromatic heterocycles. The third-order valence-corrected chi connectivity index (χ3v) is 3.43. The summed E-state index contributed by atoms with van der Waals surface area (Å²) in [6, 6.07) is 4.66. The maximum Gasteiger partial charge on any atom is 0.335 e. The van der Waals surface area contributed by atoms with Gasteiger partial charge in [0.15, 0.2) is 0 Å². The number of anilines is 1. The van der Waals surface area contributed by atoms with E-state index >= 15 is 0 Å². The predicted molar refractivity (Wildman–Crippen MR) is 91.0 cm³/mol. The SMILES string of the molecule is C[C@@H](Cc1cnccn1)Nc1nccc(-c2cc(C(=O)O)ccn2)n1. The van der Waals surface area contributed by atoms with E-state index in [9.17, 15) is 4.79 Å². The van der Waals surface area contributed by atoms with Crippen molar-refractivity contribution in [3.63, 3.8) is 0 Å². The van der Waals surface area contributed by atoms with Gasteiger partial charge in [-0.1, -0.05) is 0 Å². The van der Waals surface area contributed by atoms with Crippen molar-refractivity contribution in [3.05, 3.63) is 60.4 Å². The van der Waals surface area contributed by atoms with Crippen LogP contribution >= 0.6 is 0 Å². The van der Waals surface area contributed by atoms with Crippen LogP contribution in [-0.2, 0) is 6.42 Å². The molecule has 0 amide bonds. The summed E-state index contributed by atoms with van der Waals surface area (Å²) in [5.74, 6) is -0.565. The lowest BCUT2D eigenvalue weighted by Gasteiger charge is -2.13. The van der Waals surface area contributed by atoms with E-state index in [2.05, 4.69) is 30.2 Å². The van der Waals surface area contributed by atoms with Crippen LogP contribution in [0.1, 0.15) is 23.0 Å². The van der Waals surface area contributed by atoms with Gasteiger partial charge in [0.05, 0.1) is 22.6 Å². The van der Waals surface area contributed by atoms with Crippen molar-refractivity contribution >= 4 is 11.9 Å². The number of carbonyl (C=O) groups is 1. The van der Waals surface area contributed by atoms with Gasteiger partial charge in [-0.2, -0.15) is 0 Å². The van der Waals surface area contributed by atoms with Crippen molar-refractivity contribution in [2.24, 2.45) is 0 Å². The third kappa shape index (κ3) is 4.31. The van der Waals surface area contributed by atoms with E-state index in [1.54, 1.807) is 30.9 Å². The first-order valence-electron chi connectivity index (χ1n) is 7.66. The molecule has 0 saturated heterocycles. The van der Waals surface area contributed by atoms with E-state index < -0.39 is 5.97 Å². The molecule has 0 unspecified atom stereocenters. The van der Waals surface area contributed by atoms with E-state index in [0.717, 1.165) is 5.69 Å². The first-order valence-corrected chi connectivity index (χ1v) is 7.66. The lowest BCUT2D eigenvalue weighted by molar-refractivity contribution is 0.0697. The molecule has 25 heavy (non-hydrogen) atoms. The maximum atomic E-state index is 11.1.